The quantitative estimate of drug-likeness (QED) is 0.715. The van der Waals surface area contributed by atoms with Crippen LogP contribution in [0.1, 0.15) is 42.0 Å². The molecule has 1 unspecified atom stereocenters. The Morgan fingerprint density at radius 2 is 2.00 bits per heavy atom. The Hall–Kier alpha value is -2.51. The zero-order valence-electron chi connectivity index (χ0n) is 14.3. The van der Waals surface area contributed by atoms with E-state index in [9.17, 15) is 13.2 Å². The lowest BCUT2D eigenvalue weighted by molar-refractivity contribution is 0.101. The molecule has 1 aromatic heterocycles. The summed E-state index contributed by atoms with van der Waals surface area (Å²) in [5.41, 5.74) is 2.11. The summed E-state index contributed by atoms with van der Waals surface area (Å²) in [5.74, 6) is 0.507. The van der Waals surface area contributed by atoms with Gasteiger partial charge in [-0.3, -0.25) is 4.79 Å². The Bertz CT molecular complexity index is 1060. The van der Waals surface area contributed by atoms with Crippen molar-refractivity contribution in [1.29, 1.82) is 0 Å². The number of benzene rings is 2. The first-order valence-electron chi connectivity index (χ1n) is 8.54. The minimum absolute atomic E-state index is 0.146. The average molecular weight is 369 g/mol. The molecule has 1 atom stereocenters. The molecule has 134 valence electrons. The van der Waals surface area contributed by atoms with Crippen LogP contribution in [0.25, 0.3) is 11.0 Å². The third-order valence-electron chi connectivity index (χ3n) is 4.77. The second-order valence-corrected chi connectivity index (χ2v) is 8.39. The number of Topliss-reactive ketones (excluding diaryl/α,β-unsaturated/α-hetero) is 1. The fourth-order valence-corrected chi connectivity index (χ4v) is 5.15. The van der Waals surface area contributed by atoms with Crippen molar-refractivity contribution in [2.75, 3.05) is 6.54 Å². The third kappa shape index (κ3) is 2.83. The normalized spacial score (nSPS) is 18.4. The van der Waals surface area contributed by atoms with E-state index in [-0.39, 0.29) is 16.7 Å². The van der Waals surface area contributed by atoms with Gasteiger partial charge in [0.15, 0.2) is 5.78 Å². The van der Waals surface area contributed by atoms with Gasteiger partial charge in [0.1, 0.15) is 5.82 Å². The maximum atomic E-state index is 13.2. The molecule has 4 rings (SSSR count). The van der Waals surface area contributed by atoms with Crippen LogP contribution in [-0.2, 0) is 10.0 Å². The molecule has 1 saturated heterocycles. The van der Waals surface area contributed by atoms with Crippen LogP contribution in [0.3, 0.4) is 0 Å². The molecule has 1 aliphatic heterocycles. The van der Waals surface area contributed by atoms with Gasteiger partial charge in [0.25, 0.3) is 0 Å². The highest BCUT2D eigenvalue weighted by Crippen LogP contribution is 2.36. The van der Waals surface area contributed by atoms with Gasteiger partial charge in [0.2, 0.25) is 10.0 Å². The fourth-order valence-electron chi connectivity index (χ4n) is 3.44. The van der Waals surface area contributed by atoms with E-state index in [0.29, 0.717) is 24.4 Å². The molecule has 6 nitrogen and oxygen atoms in total. The standard InChI is InChI=1S/C19H19N3O3S/c1-13(23)14-6-4-7-15(12-14)26(24,25)22-11-5-10-18(22)19-20-16-8-2-3-9-17(16)21-19/h2-4,6-9,12,18H,5,10-11H2,1H3,(H,20,21). The summed E-state index contributed by atoms with van der Waals surface area (Å²) < 4.78 is 27.9. The summed E-state index contributed by atoms with van der Waals surface area (Å²) in [5, 5.41) is 0. The summed E-state index contributed by atoms with van der Waals surface area (Å²) in [6.07, 6.45) is 1.48. The van der Waals surface area contributed by atoms with E-state index in [1.165, 1.54) is 23.4 Å². The van der Waals surface area contributed by atoms with E-state index in [1.807, 2.05) is 24.3 Å². The number of para-hydroxylation sites is 2. The number of imidazole rings is 1. The second kappa shape index (κ2) is 6.34. The molecule has 3 aromatic rings. The molecule has 26 heavy (non-hydrogen) atoms. The molecular weight excluding hydrogens is 350 g/mol. The van der Waals surface area contributed by atoms with Crippen LogP contribution in [0.5, 0.6) is 0 Å². The Balaban J connectivity index is 1.73. The van der Waals surface area contributed by atoms with Crippen LogP contribution in [-0.4, -0.2) is 35.0 Å². The number of nitrogens with zero attached hydrogens (tertiary/aromatic N) is 2. The highest BCUT2D eigenvalue weighted by Gasteiger charge is 2.38. The molecule has 0 radical (unpaired) electrons. The number of aromatic amines is 1. The smallest absolute Gasteiger partial charge is 0.243 e. The molecule has 0 amide bonds. The maximum Gasteiger partial charge on any atom is 0.243 e. The van der Waals surface area contributed by atoms with Crippen LogP contribution >= 0.6 is 0 Å². The summed E-state index contributed by atoms with van der Waals surface area (Å²) in [6, 6.07) is 13.5. The van der Waals surface area contributed by atoms with E-state index >= 15 is 0 Å². The third-order valence-corrected chi connectivity index (χ3v) is 6.68. The van der Waals surface area contributed by atoms with Gasteiger partial charge in [-0.05, 0) is 44.0 Å². The first-order valence-corrected chi connectivity index (χ1v) is 9.98. The van der Waals surface area contributed by atoms with Crippen molar-refractivity contribution >= 4 is 26.8 Å². The summed E-state index contributed by atoms with van der Waals surface area (Å²) in [7, 11) is -3.71. The molecule has 2 aromatic carbocycles. The molecule has 2 heterocycles. The van der Waals surface area contributed by atoms with Crippen molar-refractivity contribution in [1.82, 2.24) is 14.3 Å². The first-order chi connectivity index (χ1) is 12.5. The van der Waals surface area contributed by atoms with Crippen molar-refractivity contribution in [3.05, 3.63) is 59.9 Å². The number of hydrogen-bond acceptors (Lipinski definition) is 4. The van der Waals surface area contributed by atoms with Crippen LogP contribution in [0, 0.1) is 0 Å². The van der Waals surface area contributed by atoms with Crippen molar-refractivity contribution in [2.45, 2.75) is 30.7 Å². The molecule has 1 fully saturated rings. The number of nitrogens with one attached hydrogen (secondary N) is 1. The molecule has 7 heteroatoms. The number of carbonyl (C=O) groups is 1. The van der Waals surface area contributed by atoms with E-state index in [0.717, 1.165) is 17.5 Å². The highest BCUT2D eigenvalue weighted by atomic mass is 32.2. The molecular formula is C19H19N3O3S. The molecule has 0 aliphatic carbocycles. The van der Waals surface area contributed by atoms with Crippen molar-refractivity contribution in [3.8, 4) is 0 Å². The number of ketones is 1. The Kier molecular flexibility index (Phi) is 4.13. The lowest BCUT2D eigenvalue weighted by Gasteiger charge is -2.22. The SMILES string of the molecule is CC(=O)c1cccc(S(=O)(=O)N2CCCC2c2nc3ccccc3[nH]2)c1. The van der Waals surface area contributed by atoms with Gasteiger partial charge in [-0.15, -0.1) is 0 Å². The largest absolute Gasteiger partial charge is 0.341 e. The van der Waals surface area contributed by atoms with Crippen LogP contribution in [0.2, 0.25) is 0 Å². The number of carbonyl (C=O) groups excluding carboxylic acids is 1. The number of fused-ring (bicyclic) bond motifs is 1. The molecule has 1 aliphatic rings. The zero-order chi connectivity index (χ0) is 18.3. The predicted molar refractivity (Wildman–Crippen MR) is 98.4 cm³/mol. The van der Waals surface area contributed by atoms with Gasteiger partial charge in [-0.1, -0.05) is 24.3 Å². The van der Waals surface area contributed by atoms with Crippen LogP contribution < -0.4 is 0 Å². The number of rotatable bonds is 4. The molecule has 0 saturated carbocycles. The maximum absolute atomic E-state index is 13.2. The number of aromatic nitrogens is 2. The van der Waals surface area contributed by atoms with Gasteiger partial charge >= 0.3 is 0 Å². The molecule has 0 bridgehead atoms. The van der Waals surface area contributed by atoms with E-state index in [1.54, 1.807) is 12.1 Å². The second-order valence-electron chi connectivity index (χ2n) is 6.50. The Morgan fingerprint density at radius 1 is 1.19 bits per heavy atom. The van der Waals surface area contributed by atoms with Gasteiger partial charge in [-0.2, -0.15) is 4.31 Å². The lowest BCUT2D eigenvalue weighted by atomic mass is 10.2. The summed E-state index contributed by atoms with van der Waals surface area (Å²) >= 11 is 0. The predicted octanol–water partition coefficient (Wildman–Crippen LogP) is 3.29. The molecule has 0 spiro atoms. The zero-order valence-corrected chi connectivity index (χ0v) is 15.2. The Morgan fingerprint density at radius 3 is 2.77 bits per heavy atom. The highest BCUT2D eigenvalue weighted by molar-refractivity contribution is 7.89. The number of hydrogen-bond donors (Lipinski definition) is 1. The van der Waals surface area contributed by atoms with Crippen molar-refractivity contribution in [3.63, 3.8) is 0 Å². The van der Waals surface area contributed by atoms with Crippen LogP contribution in [0.4, 0.5) is 0 Å². The minimum Gasteiger partial charge on any atom is -0.341 e. The van der Waals surface area contributed by atoms with E-state index < -0.39 is 10.0 Å². The van der Waals surface area contributed by atoms with Crippen LogP contribution in [0.15, 0.2) is 53.4 Å². The fraction of sp³-hybridized carbons (Fsp3) is 0.263. The van der Waals surface area contributed by atoms with E-state index in [4.69, 9.17) is 0 Å². The Labute approximate surface area is 151 Å². The first kappa shape index (κ1) is 16.9. The summed E-state index contributed by atoms with van der Waals surface area (Å²) in [4.78, 5) is 19.6. The number of sulfonamides is 1. The van der Waals surface area contributed by atoms with Crippen molar-refractivity contribution in [2.24, 2.45) is 0 Å². The van der Waals surface area contributed by atoms with Gasteiger partial charge in [0.05, 0.1) is 22.0 Å². The average Bonchev–Trinajstić information content (AvgIpc) is 3.28. The van der Waals surface area contributed by atoms with Gasteiger partial charge in [0, 0.05) is 12.1 Å². The number of H-pyrrole nitrogens is 1. The summed E-state index contributed by atoms with van der Waals surface area (Å²) in [6.45, 7) is 1.87. The minimum atomic E-state index is -3.71. The lowest BCUT2D eigenvalue weighted by Crippen LogP contribution is -2.31. The van der Waals surface area contributed by atoms with Gasteiger partial charge in [-0.25, -0.2) is 13.4 Å². The van der Waals surface area contributed by atoms with Crippen molar-refractivity contribution < 1.29 is 13.2 Å². The van der Waals surface area contributed by atoms with Gasteiger partial charge < -0.3 is 4.98 Å². The van der Waals surface area contributed by atoms with E-state index in [2.05, 4.69) is 9.97 Å². The monoisotopic (exact) mass is 369 g/mol. The molecule has 1 N–H and O–H groups in total. The topological polar surface area (TPSA) is 83.1 Å².